The Bertz CT molecular complexity index is 308. The summed E-state index contributed by atoms with van der Waals surface area (Å²) in [5.74, 6) is -1.30. The Balaban J connectivity index is 2.60. The number of carboxylic acid groups (broad SMARTS) is 1. The Labute approximate surface area is 92.8 Å². The van der Waals surface area contributed by atoms with Crippen LogP contribution < -0.4 is 0 Å². The summed E-state index contributed by atoms with van der Waals surface area (Å²) in [5.41, 5.74) is 0. The van der Waals surface area contributed by atoms with E-state index in [2.05, 4.69) is 12.6 Å². The molecule has 1 saturated heterocycles. The van der Waals surface area contributed by atoms with Gasteiger partial charge in [0.05, 0.1) is 0 Å². The van der Waals surface area contributed by atoms with Crippen molar-refractivity contribution < 1.29 is 14.7 Å². The molecule has 0 radical (unpaired) electrons. The van der Waals surface area contributed by atoms with Crippen molar-refractivity contribution in [2.24, 2.45) is 0 Å². The number of hydrogen-bond acceptors (Lipinski definition) is 4. The molecule has 84 valence electrons. The molecule has 15 heavy (non-hydrogen) atoms. The van der Waals surface area contributed by atoms with Gasteiger partial charge in [0.1, 0.15) is 6.54 Å². The van der Waals surface area contributed by atoms with Crippen molar-refractivity contribution >= 4 is 30.5 Å². The average Bonchev–Trinajstić information content (AvgIpc) is 2.42. The molecule has 0 aliphatic carbocycles. The molecule has 0 aromatic carbocycles. The van der Waals surface area contributed by atoms with Crippen LogP contribution in [0.1, 0.15) is 6.42 Å². The summed E-state index contributed by atoms with van der Waals surface area (Å²) in [6.07, 6.45) is 0.298. The summed E-state index contributed by atoms with van der Waals surface area (Å²) in [5, 5.41) is 16.1. The Morgan fingerprint density at radius 3 is 2.80 bits per heavy atom. The van der Waals surface area contributed by atoms with E-state index in [1.165, 1.54) is 16.8 Å². The fourth-order valence-corrected chi connectivity index (χ4v) is 1.70. The molecule has 1 atom stereocenters. The van der Waals surface area contributed by atoms with Gasteiger partial charge in [-0.05, 0) is 0 Å². The number of likely N-dealkylation sites (N-methyl/N-ethyl adjacent to an activating group) is 1. The van der Waals surface area contributed by atoms with Gasteiger partial charge in [-0.3, -0.25) is 19.9 Å². The van der Waals surface area contributed by atoms with Crippen LogP contribution in [0.4, 0.5) is 0 Å². The van der Waals surface area contributed by atoms with Crippen molar-refractivity contribution in [2.45, 2.75) is 11.7 Å². The number of rotatable bonds is 2. The molecule has 1 fully saturated rings. The van der Waals surface area contributed by atoms with E-state index in [0.717, 1.165) is 0 Å². The topological polar surface area (TPSA) is 84.7 Å². The van der Waals surface area contributed by atoms with Crippen LogP contribution >= 0.6 is 12.6 Å². The lowest BCUT2D eigenvalue weighted by Crippen LogP contribution is -2.44. The lowest BCUT2D eigenvalue weighted by Gasteiger charge is -2.24. The van der Waals surface area contributed by atoms with Crippen LogP contribution in [0.3, 0.4) is 0 Å². The fourth-order valence-electron chi connectivity index (χ4n) is 1.38. The van der Waals surface area contributed by atoms with Crippen LogP contribution in [0, 0.1) is 5.41 Å². The Kier molecular flexibility index (Phi) is 3.57. The molecule has 1 aliphatic heterocycles. The van der Waals surface area contributed by atoms with Crippen LogP contribution in [0.5, 0.6) is 0 Å². The van der Waals surface area contributed by atoms with Crippen molar-refractivity contribution in [1.82, 2.24) is 9.80 Å². The number of aliphatic carboxylic acids is 1. The molecule has 0 aromatic rings. The highest BCUT2D eigenvalue weighted by molar-refractivity contribution is 7.81. The summed E-state index contributed by atoms with van der Waals surface area (Å²) < 4.78 is 0. The average molecular weight is 231 g/mol. The molecule has 1 amide bonds. The third-order valence-electron chi connectivity index (χ3n) is 2.09. The summed E-state index contributed by atoms with van der Waals surface area (Å²) in [4.78, 5) is 24.3. The third-order valence-corrected chi connectivity index (χ3v) is 2.44. The molecule has 1 unspecified atom stereocenters. The highest BCUT2D eigenvalue weighted by atomic mass is 32.1. The lowest BCUT2D eigenvalue weighted by atomic mass is 10.4. The SMILES string of the molecule is CN(CC(=O)O)C(=N)N1CC(S)CC1=O. The Hall–Kier alpha value is -1.24. The van der Waals surface area contributed by atoms with Crippen molar-refractivity contribution in [3.8, 4) is 0 Å². The largest absolute Gasteiger partial charge is 0.480 e. The number of nitrogens with one attached hydrogen (secondary N) is 1. The van der Waals surface area contributed by atoms with Gasteiger partial charge in [-0.2, -0.15) is 12.6 Å². The van der Waals surface area contributed by atoms with Crippen LogP contribution in [-0.4, -0.2) is 58.1 Å². The number of carbonyl (C=O) groups is 2. The van der Waals surface area contributed by atoms with E-state index in [0.29, 0.717) is 13.0 Å². The standard InChI is InChI=1S/C8H13N3O3S/c1-10(4-7(13)14)8(9)11-3-5(15)2-6(11)12/h5,9,15H,2-4H2,1H3,(H,13,14). The molecule has 1 heterocycles. The minimum atomic E-state index is -1.03. The zero-order chi connectivity index (χ0) is 11.6. The predicted octanol–water partition coefficient (Wildman–Crippen LogP) is -0.532. The van der Waals surface area contributed by atoms with Gasteiger partial charge in [0.25, 0.3) is 0 Å². The normalized spacial score (nSPS) is 20.5. The number of amides is 1. The fraction of sp³-hybridized carbons (Fsp3) is 0.625. The second-order valence-corrected chi connectivity index (χ2v) is 4.17. The quantitative estimate of drug-likeness (QED) is 0.339. The monoisotopic (exact) mass is 231 g/mol. The molecular formula is C8H13N3O3S. The first-order valence-electron chi connectivity index (χ1n) is 4.41. The first-order chi connectivity index (χ1) is 6.91. The molecule has 0 aromatic heterocycles. The molecule has 0 saturated carbocycles. The van der Waals surface area contributed by atoms with Gasteiger partial charge in [-0.1, -0.05) is 0 Å². The van der Waals surface area contributed by atoms with E-state index in [9.17, 15) is 9.59 Å². The minimum Gasteiger partial charge on any atom is -0.480 e. The van der Waals surface area contributed by atoms with E-state index in [1.54, 1.807) is 0 Å². The maximum Gasteiger partial charge on any atom is 0.323 e. The zero-order valence-electron chi connectivity index (χ0n) is 8.30. The van der Waals surface area contributed by atoms with Crippen LogP contribution in [0.25, 0.3) is 0 Å². The number of guanidine groups is 1. The summed E-state index contributed by atoms with van der Waals surface area (Å²) in [6, 6.07) is 0. The summed E-state index contributed by atoms with van der Waals surface area (Å²) >= 11 is 4.15. The third kappa shape index (κ3) is 2.85. The molecule has 0 spiro atoms. The Morgan fingerprint density at radius 2 is 2.40 bits per heavy atom. The van der Waals surface area contributed by atoms with Gasteiger partial charge in [0.2, 0.25) is 11.9 Å². The van der Waals surface area contributed by atoms with E-state index >= 15 is 0 Å². The molecular weight excluding hydrogens is 218 g/mol. The minimum absolute atomic E-state index is 0.0731. The highest BCUT2D eigenvalue weighted by Gasteiger charge is 2.31. The summed E-state index contributed by atoms with van der Waals surface area (Å²) in [6.45, 7) is 0.0740. The van der Waals surface area contributed by atoms with Crippen LogP contribution in [0.15, 0.2) is 0 Å². The van der Waals surface area contributed by atoms with E-state index in [-0.39, 0.29) is 23.7 Å². The second-order valence-electron chi connectivity index (χ2n) is 3.44. The van der Waals surface area contributed by atoms with Gasteiger partial charge >= 0.3 is 5.97 Å². The van der Waals surface area contributed by atoms with Crippen molar-refractivity contribution in [3.63, 3.8) is 0 Å². The number of hydrogen-bond donors (Lipinski definition) is 3. The van der Waals surface area contributed by atoms with E-state index < -0.39 is 5.97 Å². The molecule has 1 aliphatic rings. The zero-order valence-corrected chi connectivity index (χ0v) is 9.20. The highest BCUT2D eigenvalue weighted by Crippen LogP contribution is 2.16. The first kappa shape index (κ1) is 11.8. The van der Waals surface area contributed by atoms with Gasteiger partial charge in [-0.25, -0.2) is 0 Å². The van der Waals surface area contributed by atoms with Gasteiger partial charge in [0.15, 0.2) is 0 Å². The van der Waals surface area contributed by atoms with Crippen molar-refractivity contribution in [3.05, 3.63) is 0 Å². The number of carbonyl (C=O) groups excluding carboxylic acids is 1. The smallest absolute Gasteiger partial charge is 0.323 e. The number of thiol groups is 1. The number of likely N-dealkylation sites (tertiary alicyclic amines) is 1. The lowest BCUT2D eigenvalue weighted by molar-refractivity contribution is -0.137. The molecule has 1 rings (SSSR count). The van der Waals surface area contributed by atoms with Crippen molar-refractivity contribution in [1.29, 1.82) is 5.41 Å². The van der Waals surface area contributed by atoms with Gasteiger partial charge in [0, 0.05) is 25.3 Å². The molecule has 6 nitrogen and oxygen atoms in total. The van der Waals surface area contributed by atoms with E-state index in [4.69, 9.17) is 10.5 Å². The maximum absolute atomic E-state index is 11.4. The van der Waals surface area contributed by atoms with Gasteiger partial charge in [-0.15, -0.1) is 0 Å². The van der Waals surface area contributed by atoms with Gasteiger partial charge < -0.3 is 10.0 Å². The van der Waals surface area contributed by atoms with Crippen LogP contribution in [0.2, 0.25) is 0 Å². The molecule has 7 heteroatoms. The summed E-state index contributed by atoms with van der Waals surface area (Å²) in [7, 11) is 1.47. The molecule has 0 bridgehead atoms. The maximum atomic E-state index is 11.4. The van der Waals surface area contributed by atoms with Crippen LogP contribution in [-0.2, 0) is 9.59 Å². The number of carboxylic acids is 1. The second kappa shape index (κ2) is 4.52. The Morgan fingerprint density at radius 1 is 1.80 bits per heavy atom. The van der Waals surface area contributed by atoms with E-state index in [1.807, 2.05) is 0 Å². The predicted molar refractivity (Wildman–Crippen MR) is 57.1 cm³/mol. The molecule has 2 N–H and O–H groups in total. The number of nitrogens with zero attached hydrogens (tertiary/aromatic N) is 2. The first-order valence-corrected chi connectivity index (χ1v) is 4.93. The van der Waals surface area contributed by atoms with Crippen molar-refractivity contribution in [2.75, 3.05) is 20.1 Å².